The minimum atomic E-state index is -0.476. The summed E-state index contributed by atoms with van der Waals surface area (Å²) in [7, 11) is 1.61. The minimum absolute atomic E-state index is 0. The Balaban J connectivity index is 0.00000484. The van der Waals surface area contributed by atoms with Crippen molar-refractivity contribution < 1.29 is 18.3 Å². The van der Waals surface area contributed by atoms with Gasteiger partial charge in [-0.3, -0.25) is 0 Å². The number of benzene rings is 1. The summed E-state index contributed by atoms with van der Waals surface area (Å²) in [6, 6.07) is 3.34. The first-order chi connectivity index (χ1) is 10.7. The Kier molecular flexibility index (Phi) is 12.9. The molecule has 1 aromatic rings. The molecule has 0 aliphatic rings. The van der Waals surface area contributed by atoms with E-state index in [-0.39, 0.29) is 36.1 Å². The standard InChI is InChI=1S/C15H23F2N3O2.HI/c1-3-18-15(19-6-7-22-9-8-21-2)20-11-12-10-13(16)4-5-14(12)17;/h4-5,10H,3,6-9,11H2,1-2H3,(H2,18,19,20);1H. The quantitative estimate of drug-likeness (QED) is 0.266. The highest BCUT2D eigenvalue weighted by atomic mass is 127. The Labute approximate surface area is 152 Å². The molecule has 0 aliphatic heterocycles. The predicted octanol–water partition coefficient (Wildman–Crippen LogP) is 2.30. The van der Waals surface area contributed by atoms with Crippen LogP contribution in [0.5, 0.6) is 0 Å². The lowest BCUT2D eigenvalue weighted by atomic mass is 10.2. The van der Waals surface area contributed by atoms with Crippen LogP contribution in [0.3, 0.4) is 0 Å². The summed E-state index contributed by atoms with van der Waals surface area (Å²) in [5, 5.41) is 6.09. The molecular formula is C15H24F2IN3O2. The van der Waals surface area contributed by atoms with Gasteiger partial charge in [-0.05, 0) is 25.1 Å². The lowest BCUT2D eigenvalue weighted by molar-refractivity contribution is 0.0733. The zero-order valence-electron chi connectivity index (χ0n) is 13.4. The van der Waals surface area contributed by atoms with Crippen LogP contribution in [0.4, 0.5) is 8.78 Å². The molecule has 0 aliphatic carbocycles. The fraction of sp³-hybridized carbons (Fsp3) is 0.533. The van der Waals surface area contributed by atoms with Gasteiger partial charge in [0.1, 0.15) is 11.6 Å². The number of hydrogen-bond acceptors (Lipinski definition) is 3. The van der Waals surface area contributed by atoms with Gasteiger partial charge in [0.2, 0.25) is 0 Å². The average Bonchev–Trinajstić information content (AvgIpc) is 2.51. The molecule has 132 valence electrons. The summed E-state index contributed by atoms with van der Waals surface area (Å²) in [5.41, 5.74) is 0.216. The molecule has 0 saturated heterocycles. The molecular weight excluding hydrogens is 419 g/mol. The molecule has 0 amide bonds. The van der Waals surface area contributed by atoms with E-state index in [1.54, 1.807) is 7.11 Å². The average molecular weight is 443 g/mol. The van der Waals surface area contributed by atoms with E-state index in [1.807, 2.05) is 6.92 Å². The molecule has 0 saturated carbocycles. The van der Waals surface area contributed by atoms with E-state index in [4.69, 9.17) is 9.47 Å². The van der Waals surface area contributed by atoms with E-state index < -0.39 is 11.6 Å². The van der Waals surface area contributed by atoms with E-state index in [1.165, 1.54) is 0 Å². The highest BCUT2D eigenvalue weighted by Gasteiger charge is 2.04. The molecule has 23 heavy (non-hydrogen) atoms. The molecule has 0 radical (unpaired) electrons. The third-order valence-corrected chi connectivity index (χ3v) is 2.73. The number of guanidine groups is 1. The van der Waals surface area contributed by atoms with E-state index in [0.29, 0.717) is 38.9 Å². The SMILES string of the molecule is CCNC(=NCc1cc(F)ccc1F)NCCOCCOC.I. The first-order valence-corrected chi connectivity index (χ1v) is 7.20. The van der Waals surface area contributed by atoms with Gasteiger partial charge in [0, 0.05) is 25.8 Å². The number of nitrogens with zero attached hydrogens (tertiary/aromatic N) is 1. The number of halogens is 3. The van der Waals surface area contributed by atoms with E-state index in [9.17, 15) is 8.78 Å². The van der Waals surface area contributed by atoms with Crippen LogP contribution in [0, 0.1) is 11.6 Å². The van der Waals surface area contributed by atoms with Crippen LogP contribution in [0.2, 0.25) is 0 Å². The Morgan fingerprint density at radius 1 is 1.17 bits per heavy atom. The van der Waals surface area contributed by atoms with E-state index in [2.05, 4.69) is 15.6 Å². The van der Waals surface area contributed by atoms with Crippen molar-refractivity contribution in [2.75, 3.05) is 40.0 Å². The van der Waals surface area contributed by atoms with Crippen LogP contribution in [0.1, 0.15) is 12.5 Å². The number of aliphatic imine (C=N–C) groups is 1. The second-order valence-electron chi connectivity index (χ2n) is 4.46. The van der Waals surface area contributed by atoms with Crippen LogP contribution in [-0.2, 0) is 16.0 Å². The summed E-state index contributed by atoms with van der Waals surface area (Å²) in [6.45, 7) is 4.79. The van der Waals surface area contributed by atoms with E-state index >= 15 is 0 Å². The van der Waals surface area contributed by atoms with Crippen molar-refractivity contribution in [2.24, 2.45) is 4.99 Å². The summed E-state index contributed by atoms with van der Waals surface area (Å²) in [4.78, 5) is 4.23. The molecule has 0 atom stereocenters. The van der Waals surface area contributed by atoms with E-state index in [0.717, 1.165) is 18.2 Å². The molecule has 0 aromatic heterocycles. The zero-order valence-corrected chi connectivity index (χ0v) is 15.7. The second kappa shape index (κ2) is 13.4. The van der Waals surface area contributed by atoms with Crippen LogP contribution >= 0.6 is 24.0 Å². The third-order valence-electron chi connectivity index (χ3n) is 2.73. The smallest absolute Gasteiger partial charge is 0.191 e. The highest BCUT2D eigenvalue weighted by molar-refractivity contribution is 14.0. The normalized spacial score (nSPS) is 11.0. The minimum Gasteiger partial charge on any atom is -0.382 e. The van der Waals surface area contributed by atoms with Gasteiger partial charge < -0.3 is 20.1 Å². The molecule has 0 heterocycles. The Hall–Kier alpha value is -1.00. The van der Waals surface area contributed by atoms with Crippen molar-refractivity contribution in [3.8, 4) is 0 Å². The van der Waals surface area contributed by atoms with Crippen molar-refractivity contribution in [1.29, 1.82) is 0 Å². The van der Waals surface area contributed by atoms with Crippen molar-refractivity contribution in [1.82, 2.24) is 10.6 Å². The molecule has 0 fully saturated rings. The molecule has 1 rings (SSSR count). The molecule has 2 N–H and O–H groups in total. The predicted molar refractivity (Wildman–Crippen MR) is 97.3 cm³/mol. The maximum atomic E-state index is 13.5. The maximum absolute atomic E-state index is 13.5. The first-order valence-electron chi connectivity index (χ1n) is 7.20. The van der Waals surface area contributed by atoms with Gasteiger partial charge in [0.25, 0.3) is 0 Å². The third kappa shape index (κ3) is 9.67. The number of hydrogen-bond donors (Lipinski definition) is 2. The largest absolute Gasteiger partial charge is 0.382 e. The van der Waals surface area contributed by atoms with Gasteiger partial charge in [-0.1, -0.05) is 0 Å². The topological polar surface area (TPSA) is 54.9 Å². The van der Waals surface area contributed by atoms with Crippen LogP contribution < -0.4 is 10.6 Å². The lowest BCUT2D eigenvalue weighted by Gasteiger charge is -2.11. The number of nitrogens with one attached hydrogen (secondary N) is 2. The van der Waals surface area contributed by atoms with Crippen LogP contribution in [0.25, 0.3) is 0 Å². The number of rotatable bonds is 9. The Bertz CT molecular complexity index is 476. The lowest BCUT2D eigenvalue weighted by Crippen LogP contribution is -2.39. The number of methoxy groups -OCH3 is 1. The second-order valence-corrected chi connectivity index (χ2v) is 4.46. The van der Waals surface area contributed by atoms with Crippen LogP contribution in [-0.4, -0.2) is 46.0 Å². The van der Waals surface area contributed by atoms with Gasteiger partial charge in [-0.25, -0.2) is 13.8 Å². The van der Waals surface area contributed by atoms with Gasteiger partial charge in [-0.2, -0.15) is 0 Å². The van der Waals surface area contributed by atoms with Crippen molar-refractivity contribution in [3.05, 3.63) is 35.4 Å². The van der Waals surface area contributed by atoms with Gasteiger partial charge >= 0.3 is 0 Å². The van der Waals surface area contributed by atoms with Crippen molar-refractivity contribution in [2.45, 2.75) is 13.5 Å². The fourth-order valence-corrected chi connectivity index (χ4v) is 1.66. The highest BCUT2D eigenvalue weighted by Crippen LogP contribution is 2.10. The molecule has 0 unspecified atom stereocenters. The monoisotopic (exact) mass is 443 g/mol. The summed E-state index contributed by atoms with van der Waals surface area (Å²) in [5.74, 6) is -0.415. The molecule has 8 heteroatoms. The van der Waals surface area contributed by atoms with Gasteiger partial charge in [0.15, 0.2) is 5.96 Å². The molecule has 5 nitrogen and oxygen atoms in total. The van der Waals surface area contributed by atoms with Crippen molar-refractivity contribution >= 4 is 29.9 Å². The van der Waals surface area contributed by atoms with Crippen molar-refractivity contribution in [3.63, 3.8) is 0 Å². The van der Waals surface area contributed by atoms with Gasteiger partial charge in [-0.15, -0.1) is 24.0 Å². The molecule has 1 aromatic carbocycles. The maximum Gasteiger partial charge on any atom is 0.191 e. The first kappa shape index (κ1) is 22.0. The summed E-state index contributed by atoms with van der Waals surface area (Å²) < 4.78 is 36.8. The van der Waals surface area contributed by atoms with Gasteiger partial charge in [0.05, 0.1) is 26.4 Å². The summed E-state index contributed by atoms with van der Waals surface area (Å²) in [6.07, 6.45) is 0. The fourth-order valence-electron chi connectivity index (χ4n) is 1.66. The molecule has 0 bridgehead atoms. The molecule has 0 spiro atoms. The number of ether oxygens (including phenoxy) is 2. The Morgan fingerprint density at radius 2 is 1.96 bits per heavy atom. The Morgan fingerprint density at radius 3 is 2.65 bits per heavy atom. The van der Waals surface area contributed by atoms with Crippen LogP contribution in [0.15, 0.2) is 23.2 Å². The summed E-state index contributed by atoms with van der Waals surface area (Å²) >= 11 is 0. The zero-order chi connectivity index (χ0) is 16.2.